The molecule has 148 valence electrons. The first-order valence-electron chi connectivity index (χ1n) is 9.53. The third-order valence-electron chi connectivity index (χ3n) is 5.36. The van der Waals surface area contributed by atoms with Crippen molar-refractivity contribution in [3.8, 4) is 10.6 Å². The number of hydrogen-bond acceptors (Lipinski definition) is 7. The lowest BCUT2D eigenvalue weighted by Crippen LogP contribution is -2.34. The van der Waals surface area contributed by atoms with E-state index in [0.29, 0.717) is 11.5 Å². The molecule has 28 heavy (non-hydrogen) atoms. The Labute approximate surface area is 167 Å². The number of piperidine rings is 1. The van der Waals surface area contributed by atoms with Gasteiger partial charge in [0.2, 0.25) is 0 Å². The molecule has 0 aliphatic carbocycles. The predicted octanol–water partition coefficient (Wildman–Crippen LogP) is 2.33. The van der Waals surface area contributed by atoms with Gasteiger partial charge in [0.1, 0.15) is 10.8 Å². The second-order valence-corrected chi connectivity index (χ2v) is 8.37. The Morgan fingerprint density at radius 1 is 1.29 bits per heavy atom. The van der Waals surface area contributed by atoms with Crippen LogP contribution in [0.2, 0.25) is 0 Å². The Morgan fingerprint density at radius 3 is 2.86 bits per heavy atom. The summed E-state index contributed by atoms with van der Waals surface area (Å²) in [6.45, 7) is 8.54. The van der Waals surface area contributed by atoms with E-state index in [1.165, 1.54) is 16.0 Å². The molecule has 0 amide bonds. The number of nitrogens with one attached hydrogen (secondary N) is 1. The molecule has 1 N–H and O–H groups in total. The van der Waals surface area contributed by atoms with E-state index in [1.807, 2.05) is 20.8 Å². The van der Waals surface area contributed by atoms with Crippen LogP contribution < -0.4 is 5.56 Å². The van der Waals surface area contributed by atoms with Crippen LogP contribution in [0.15, 0.2) is 10.2 Å². The fourth-order valence-electron chi connectivity index (χ4n) is 3.78. The average molecular weight is 400 g/mol. The van der Waals surface area contributed by atoms with Gasteiger partial charge in [-0.2, -0.15) is 10.2 Å². The molecule has 4 rings (SSSR count). The summed E-state index contributed by atoms with van der Waals surface area (Å²) in [4.78, 5) is 24.3. The quantitative estimate of drug-likeness (QED) is 0.724. The van der Waals surface area contributed by atoms with Gasteiger partial charge in [-0.25, -0.2) is 14.6 Å². The molecular weight excluding hydrogens is 374 g/mol. The SMILES string of the molecule is Cc1nc(C2CCCN(Cc3csc(-c4c(C)c(C)nn(C)c4=O)n3)C2)n[nH]1. The van der Waals surface area contributed by atoms with Gasteiger partial charge in [0, 0.05) is 31.4 Å². The summed E-state index contributed by atoms with van der Waals surface area (Å²) in [5.74, 6) is 2.13. The van der Waals surface area contributed by atoms with Crippen molar-refractivity contribution >= 4 is 11.3 Å². The molecule has 0 bridgehead atoms. The molecule has 9 heteroatoms. The van der Waals surface area contributed by atoms with Crippen LogP contribution in [0.5, 0.6) is 0 Å². The van der Waals surface area contributed by atoms with Crippen molar-refractivity contribution in [1.29, 1.82) is 0 Å². The normalized spacial score (nSPS) is 17.9. The summed E-state index contributed by atoms with van der Waals surface area (Å²) in [6, 6.07) is 0. The maximum absolute atomic E-state index is 12.6. The molecule has 1 saturated heterocycles. The van der Waals surface area contributed by atoms with Gasteiger partial charge in [0.05, 0.1) is 17.0 Å². The Hall–Kier alpha value is -2.39. The molecule has 3 aromatic heterocycles. The van der Waals surface area contributed by atoms with Crippen molar-refractivity contribution in [3.63, 3.8) is 0 Å². The molecule has 8 nitrogen and oxygen atoms in total. The topological polar surface area (TPSA) is 92.6 Å². The number of hydrogen-bond donors (Lipinski definition) is 1. The highest BCUT2D eigenvalue weighted by Gasteiger charge is 2.25. The number of aromatic nitrogens is 6. The fourth-order valence-corrected chi connectivity index (χ4v) is 4.68. The lowest BCUT2D eigenvalue weighted by atomic mass is 9.97. The van der Waals surface area contributed by atoms with Gasteiger partial charge in [-0.15, -0.1) is 11.3 Å². The van der Waals surface area contributed by atoms with Crippen molar-refractivity contribution in [2.24, 2.45) is 7.05 Å². The van der Waals surface area contributed by atoms with Crippen molar-refractivity contribution < 1.29 is 0 Å². The molecule has 1 atom stereocenters. The molecule has 0 radical (unpaired) electrons. The minimum atomic E-state index is -0.0954. The molecule has 0 saturated carbocycles. The first-order chi connectivity index (χ1) is 13.4. The van der Waals surface area contributed by atoms with Crippen molar-refractivity contribution in [2.45, 2.75) is 46.1 Å². The maximum atomic E-state index is 12.6. The zero-order valence-electron chi connectivity index (χ0n) is 16.7. The van der Waals surface area contributed by atoms with Crippen LogP contribution in [-0.2, 0) is 13.6 Å². The van der Waals surface area contributed by atoms with E-state index in [9.17, 15) is 4.79 Å². The van der Waals surface area contributed by atoms with E-state index >= 15 is 0 Å². The monoisotopic (exact) mass is 399 g/mol. The zero-order valence-corrected chi connectivity index (χ0v) is 17.5. The lowest BCUT2D eigenvalue weighted by Gasteiger charge is -2.30. The summed E-state index contributed by atoms with van der Waals surface area (Å²) in [6.07, 6.45) is 2.24. The Kier molecular flexibility index (Phi) is 5.11. The first kappa shape index (κ1) is 18.9. The molecule has 1 fully saturated rings. The summed E-state index contributed by atoms with van der Waals surface area (Å²) in [5.41, 5.74) is 3.33. The van der Waals surface area contributed by atoms with Crippen molar-refractivity contribution in [2.75, 3.05) is 13.1 Å². The highest BCUT2D eigenvalue weighted by Crippen LogP contribution is 2.28. The highest BCUT2D eigenvalue weighted by atomic mass is 32.1. The Morgan fingerprint density at radius 2 is 2.11 bits per heavy atom. The molecule has 3 aromatic rings. The van der Waals surface area contributed by atoms with Crippen molar-refractivity contribution in [1.82, 2.24) is 34.8 Å². The van der Waals surface area contributed by atoms with Crippen LogP contribution >= 0.6 is 11.3 Å². The third kappa shape index (κ3) is 3.64. The summed E-state index contributed by atoms with van der Waals surface area (Å²) in [5, 5.41) is 14.4. The molecule has 1 unspecified atom stereocenters. The van der Waals surface area contributed by atoms with Crippen LogP contribution in [0, 0.1) is 20.8 Å². The number of aromatic amines is 1. The number of nitrogens with zero attached hydrogens (tertiary/aromatic N) is 6. The van der Waals surface area contributed by atoms with E-state index in [4.69, 9.17) is 4.98 Å². The van der Waals surface area contributed by atoms with Gasteiger partial charge >= 0.3 is 0 Å². The fraction of sp³-hybridized carbons (Fsp3) is 0.526. The Bertz CT molecular complexity index is 1050. The second kappa shape index (κ2) is 7.56. The van der Waals surface area contributed by atoms with Crippen LogP contribution in [0.3, 0.4) is 0 Å². The Balaban J connectivity index is 1.52. The van der Waals surface area contributed by atoms with Crippen LogP contribution in [-0.4, -0.2) is 47.9 Å². The molecule has 1 aliphatic heterocycles. The zero-order chi connectivity index (χ0) is 19.8. The van der Waals surface area contributed by atoms with Crippen LogP contribution in [0.1, 0.15) is 47.4 Å². The largest absolute Gasteiger partial charge is 0.297 e. The molecular formula is C19H25N7OS. The minimum Gasteiger partial charge on any atom is -0.297 e. The van der Waals surface area contributed by atoms with Gasteiger partial charge in [-0.05, 0) is 45.7 Å². The van der Waals surface area contributed by atoms with E-state index in [0.717, 1.165) is 66.1 Å². The van der Waals surface area contributed by atoms with E-state index in [-0.39, 0.29) is 5.56 Å². The molecule has 1 aliphatic rings. The number of H-pyrrole nitrogens is 1. The molecule has 0 aromatic carbocycles. The van der Waals surface area contributed by atoms with Gasteiger partial charge in [-0.1, -0.05) is 0 Å². The summed E-state index contributed by atoms with van der Waals surface area (Å²) in [7, 11) is 1.69. The van der Waals surface area contributed by atoms with Crippen molar-refractivity contribution in [3.05, 3.63) is 44.3 Å². The van der Waals surface area contributed by atoms with E-state index < -0.39 is 0 Å². The van der Waals surface area contributed by atoms with E-state index in [1.54, 1.807) is 7.05 Å². The number of likely N-dealkylation sites (tertiary alicyclic amines) is 1. The van der Waals surface area contributed by atoms with Crippen LogP contribution in [0.4, 0.5) is 0 Å². The summed E-state index contributed by atoms with van der Waals surface area (Å²) < 4.78 is 1.40. The minimum absolute atomic E-state index is 0.0954. The predicted molar refractivity (Wildman–Crippen MR) is 108 cm³/mol. The standard InChI is InChI=1S/C19H25N7OS/c1-11-12(2)24-25(4)19(27)16(11)18-21-15(10-28-18)9-26-7-5-6-14(8-26)17-20-13(3)22-23-17/h10,14H,5-9H2,1-4H3,(H,20,22,23). The van der Waals surface area contributed by atoms with Gasteiger partial charge in [0.25, 0.3) is 5.56 Å². The maximum Gasteiger partial charge on any atom is 0.277 e. The van der Waals surface area contributed by atoms with Gasteiger partial charge in [-0.3, -0.25) is 14.8 Å². The van der Waals surface area contributed by atoms with Gasteiger partial charge in [0.15, 0.2) is 5.82 Å². The molecule has 4 heterocycles. The number of thiazole rings is 1. The molecule has 0 spiro atoms. The highest BCUT2D eigenvalue weighted by molar-refractivity contribution is 7.13. The smallest absolute Gasteiger partial charge is 0.277 e. The number of aryl methyl sites for hydroxylation is 3. The van der Waals surface area contributed by atoms with Crippen LogP contribution in [0.25, 0.3) is 10.6 Å². The third-order valence-corrected chi connectivity index (χ3v) is 6.27. The summed E-state index contributed by atoms with van der Waals surface area (Å²) >= 11 is 1.53. The average Bonchev–Trinajstić information content (AvgIpc) is 3.30. The van der Waals surface area contributed by atoms with E-state index in [2.05, 4.69) is 30.6 Å². The number of rotatable bonds is 4. The lowest BCUT2D eigenvalue weighted by molar-refractivity contribution is 0.195. The van der Waals surface area contributed by atoms with Gasteiger partial charge < -0.3 is 0 Å². The first-order valence-corrected chi connectivity index (χ1v) is 10.4. The second-order valence-electron chi connectivity index (χ2n) is 7.51.